The molecule has 0 saturated heterocycles. The number of hydrogen-bond acceptors (Lipinski definition) is 4. The van der Waals surface area contributed by atoms with E-state index in [1.54, 1.807) is 14.2 Å². The van der Waals surface area contributed by atoms with Gasteiger partial charge in [0, 0.05) is 17.2 Å². The molecule has 0 aliphatic carbocycles. The second kappa shape index (κ2) is 7.83. The lowest BCUT2D eigenvalue weighted by Crippen LogP contribution is -1.93. The highest BCUT2D eigenvalue weighted by atomic mass is 16.5. The van der Waals surface area contributed by atoms with Crippen molar-refractivity contribution >= 4 is 0 Å². The Kier molecular flexibility index (Phi) is 5.32. The number of ether oxygens (including phenoxy) is 4. The molecule has 3 aromatic rings. The molecule has 4 nitrogen and oxygen atoms in total. The highest BCUT2D eigenvalue weighted by molar-refractivity contribution is 5.48. The molecule has 0 spiro atoms. The van der Waals surface area contributed by atoms with Gasteiger partial charge >= 0.3 is 0 Å². The van der Waals surface area contributed by atoms with Crippen LogP contribution in [0.1, 0.15) is 11.1 Å². The fourth-order valence-corrected chi connectivity index (χ4v) is 2.71. The molecule has 3 rings (SSSR count). The summed E-state index contributed by atoms with van der Waals surface area (Å²) in [5, 5.41) is 0. The molecule has 0 aliphatic rings. The van der Waals surface area contributed by atoms with Crippen LogP contribution in [0.15, 0.2) is 60.7 Å². The summed E-state index contributed by atoms with van der Waals surface area (Å²) in [5.74, 6) is 4.47. The van der Waals surface area contributed by atoms with Crippen molar-refractivity contribution in [1.29, 1.82) is 0 Å². The van der Waals surface area contributed by atoms with Crippen molar-refractivity contribution in [3.8, 4) is 34.5 Å². The van der Waals surface area contributed by atoms with E-state index < -0.39 is 0 Å². The summed E-state index contributed by atoms with van der Waals surface area (Å²) in [7, 11) is 3.30. The van der Waals surface area contributed by atoms with Gasteiger partial charge < -0.3 is 18.9 Å². The molecule has 4 heteroatoms. The highest BCUT2D eigenvalue weighted by Crippen LogP contribution is 2.35. The second-order valence-electron chi connectivity index (χ2n) is 5.85. The summed E-state index contributed by atoms with van der Waals surface area (Å²) in [6.07, 6.45) is 0. The van der Waals surface area contributed by atoms with Crippen LogP contribution in [0.2, 0.25) is 0 Å². The zero-order valence-electron chi connectivity index (χ0n) is 15.4. The molecule has 0 fully saturated rings. The molecule has 0 aliphatic heterocycles. The van der Waals surface area contributed by atoms with Crippen LogP contribution in [0.25, 0.3) is 0 Å². The quantitative estimate of drug-likeness (QED) is 0.554. The first-order chi connectivity index (χ1) is 12.6. The molecule has 0 saturated carbocycles. The molecule has 134 valence electrons. The molecule has 0 atom stereocenters. The molecule has 3 aromatic carbocycles. The van der Waals surface area contributed by atoms with Gasteiger partial charge in [-0.15, -0.1) is 0 Å². The Morgan fingerprint density at radius 1 is 0.538 bits per heavy atom. The zero-order chi connectivity index (χ0) is 18.5. The van der Waals surface area contributed by atoms with Crippen molar-refractivity contribution in [3.63, 3.8) is 0 Å². The third kappa shape index (κ3) is 3.75. The molecular weight excluding hydrogens is 328 g/mol. The first-order valence-electron chi connectivity index (χ1n) is 8.35. The van der Waals surface area contributed by atoms with Gasteiger partial charge in [-0.25, -0.2) is 0 Å². The average Bonchev–Trinajstić information content (AvgIpc) is 2.65. The largest absolute Gasteiger partial charge is 0.496 e. The van der Waals surface area contributed by atoms with Crippen LogP contribution in [-0.2, 0) is 0 Å². The summed E-state index contributed by atoms with van der Waals surface area (Å²) in [4.78, 5) is 0. The molecule has 0 radical (unpaired) electrons. The van der Waals surface area contributed by atoms with Crippen LogP contribution in [0.3, 0.4) is 0 Å². The smallest absolute Gasteiger partial charge is 0.134 e. The van der Waals surface area contributed by atoms with Crippen LogP contribution in [0, 0.1) is 13.8 Å². The Bertz CT molecular complexity index is 832. The van der Waals surface area contributed by atoms with Crippen LogP contribution in [-0.4, -0.2) is 14.2 Å². The fourth-order valence-electron chi connectivity index (χ4n) is 2.71. The van der Waals surface area contributed by atoms with Crippen molar-refractivity contribution in [1.82, 2.24) is 0 Å². The minimum atomic E-state index is 0.694. The SMILES string of the molecule is COc1cccc(Oc2cccc(Oc3cccc(OC)c3C)c2)c1C. The van der Waals surface area contributed by atoms with E-state index in [0.717, 1.165) is 34.1 Å². The minimum Gasteiger partial charge on any atom is -0.496 e. The number of benzene rings is 3. The van der Waals surface area contributed by atoms with Crippen LogP contribution in [0.5, 0.6) is 34.5 Å². The van der Waals surface area contributed by atoms with E-state index in [1.165, 1.54) is 0 Å². The van der Waals surface area contributed by atoms with E-state index in [-0.39, 0.29) is 0 Å². The van der Waals surface area contributed by atoms with Crippen LogP contribution >= 0.6 is 0 Å². The topological polar surface area (TPSA) is 36.9 Å². The second-order valence-corrected chi connectivity index (χ2v) is 5.85. The summed E-state index contributed by atoms with van der Waals surface area (Å²) >= 11 is 0. The Hall–Kier alpha value is -3.14. The van der Waals surface area contributed by atoms with E-state index in [4.69, 9.17) is 18.9 Å². The van der Waals surface area contributed by atoms with Crippen LogP contribution < -0.4 is 18.9 Å². The molecule has 0 bridgehead atoms. The minimum absolute atomic E-state index is 0.694. The molecule has 0 amide bonds. The van der Waals surface area contributed by atoms with Gasteiger partial charge in [0.25, 0.3) is 0 Å². The Labute approximate surface area is 153 Å². The number of rotatable bonds is 6. The predicted molar refractivity (Wildman–Crippen MR) is 102 cm³/mol. The van der Waals surface area contributed by atoms with E-state index in [9.17, 15) is 0 Å². The summed E-state index contributed by atoms with van der Waals surface area (Å²) in [6, 6.07) is 19.0. The van der Waals surface area contributed by atoms with Gasteiger partial charge in [0.05, 0.1) is 14.2 Å². The maximum absolute atomic E-state index is 6.02. The predicted octanol–water partition coefficient (Wildman–Crippen LogP) is 5.91. The molecule has 26 heavy (non-hydrogen) atoms. The van der Waals surface area contributed by atoms with Crippen LogP contribution in [0.4, 0.5) is 0 Å². The maximum Gasteiger partial charge on any atom is 0.134 e. The van der Waals surface area contributed by atoms with Gasteiger partial charge in [-0.05, 0) is 50.2 Å². The molecule has 0 heterocycles. The van der Waals surface area contributed by atoms with Crippen molar-refractivity contribution in [2.75, 3.05) is 14.2 Å². The van der Waals surface area contributed by atoms with Gasteiger partial charge in [-0.1, -0.05) is 18.2 Å². The lowest BCUT2D eigenvalue weighted by Gasteiger charge is -2.14. The van der Waals surface area contributed by atoms with E-state index in [1.807, 2.05) is 74.5 Å². The van der Waals surface area contributed by atoms with Crippen molar-refractivity contribution in [2.45, 2.75) is 13.8 Å². The highest BCUT2D eigenvalue weighted by Gasteiger charge is 2.09. The zero-order valence-corrected chi connectivity index (χ0v) is 15.4. The fraction of sp³-hybridized carbons (Fsp3) is 0.182. The van der Waals surface area contributed by atoms with E-state index >= 15 is 0 Å². The van der Waals surface area contributed by atoms with Crippen molar-refractivity contribution in [2.24, 2.45) is 0 Å². The first kappa shape index (κ1) is 17.7. The standard InChI is InChI=1S/C22H22O4/c1-15-19(23-3)10-6-12-21(15)25-17-8-5-9-18(14-17)26-22-13-7-11-20(24-4)16(22)2/h5-14H,1-4H3. The van der Waals surface area contributed by atoms with Gasteiger partial charge in [-0.2, -0.15) is 0 Å². The lowest BCUT2D eigenvalue weighted by atomic mass is 10.2. The monoisotopic (exact) mass is 350 g/mol. The Morgan fingerprint density at radius 3 is 1.35 bits per heavy atom. The maximum atomic E-state index is 6.02. The Balaban J connectivity index is 1.83. The normalized spacial score (nSPS) is 10.3. The average molecular weight is 350 g/mol. The first-order valence-corrected chi connectivity index (χ1v) is 8.35. The molecule has 0 aromatic heterocycles. The third-order valence-electron chi connectivity index (χ3n) is 4.17. The van der Waals surface area contributed by atoms with Gasteiger partial charge in [0.2, 0.25) is 0 Å². The number of methoxy groups -OCH3 is 2. The number of hydrogen-bond donors (Lipinski definition) is 0. The van der Waals surface area contributed by atoms with Gasteiger partial charge in [0.15, 0.2) is 0 Å². The summed E-state index contributed by atoms with van der Waals surface area (Å²) < 4.78 is 22.7. The van der Waals surface area contributed by atoms with E-state index in [0.29, 0.717) is 11.5 Å². The van der Waals surface area contributed by atoms with E-state index in [2.05, 4.69) is 0 Å². The molecule has 0 unspecified atom stereocenters. The molecular formula is C22H22O4. The lowest BCUT2D eigenvalue weighted by molar-refractivity contribution is 0.402. The third-order valence-corrected chi connectivity index (χ3v) is 4.17. The van der Waals surface area contributed by atoms with Gasteiger partial charge in [0.1, 0.15) is 34.5 Å². The van der Waals surface area contributed by atoms with Gasteiger partial charge in [-0.3, -0.25) is 0 Å². The van der Waals surface area contributed by atoms with Crippen molar-refractivity contribution < 1.29 is 18.9 Å². The summed E-state index contributed by atoms with van der Waals surface area (Å²) in [6.45, 7) is 3.93. The molecule has 0 N–H and O–H groups in total. The van der Waals surface area contributed by atoms with Crippen molar-refractivity contribution in [3.05, 3.63) is 71.8 Å². The Morgan fingerprint density at radius 2 is 0.923 bits per heavy atom. The summed E-state index contributed by atoms with van der Waals surface area (Å²) in [5.41, 5.74) is 1.90.